The minimum atomic E-state index is 0.229. The Hall–Kier alpha value is -1.28. The average Bonchev–Trinajstić information content (AvgIpc) is 2.49. The highest BCUT2D eigenvalue weighted by Gasteiger charge is 1.99. The first-order chi connectivity index (χ1) is 6.25. The number of nitrogens with one attached hydrogen (secondary N) is 1. The highest BCUT2D eigenvalue weighted by atomic mass is 14.7. The molecule has 0 fully saturated rings. The zero-order valence-corrected chi connectivity index (χ0v) is 7.75. The molecule has 2 rings (SSSR count). The molecule has 2 aromatic rings. The van der Waals surface area contributed by atoms with Crippen molar-refractivity contribution in [3.8, 4) is 0 Å². The van der Waals surface area contributed by atoms with Crippen LogP contribution in [0.3, 0.4) is 0 Å². The summed E-state index contributed by atoms with van der Waals surface area (Å²) in [5.41, 5.74) is 8.22. The lowest BCUT2D eigenvalue weighted by atomic mass is 10.1. The van der Waals surface area contributed by atoms with Gasteiger partial charge >= 0.3 is 0 Å². The number of fused-ring (bicyclic) bond motifs is 1. The molecule has 0 bridgehead atoms. The molecule has 1 aromatic carbocycles. The SMILES string of the molecule is C[C@@H](N)Cc1ccc2cc[nH]c2c1. The Bertz CT molecular complexity index is 401. The van der Waals surface area contributed by atoms with Gasteiger partial charge in [0, 0.05) is 17.8 Å². The molecule has 0 aliphatic rings. The van der Waals surface area contributed by atoms with Crippen molar-refractivity contribution >= 4 is 10.9 Å². The van der Waals surface area contributed by atoms with Crippen molar-refractivity contribution < 1.29 is 0 Å². The van der Waals surface area contributed by atoms with Gasteiger partial charge in [0.15, 0.2) is 0 Å². The van der Waals surface area contributed by atoms with Crippen LogP contribution in [0.25, 0.3) is 10.9 Å². The molecule has 3 N–H and O–H groups in total. The molecule has 1 heterocycles. The molecule has 1 aromatic heterocycles. The Morgan fingerprint density at radius 2 is 2.23 bits per heavy atom. The summed E-state index contributed by atoms with van der Waals surface area (Å²) >= 11 is 0. The number of nitrogens with two attached hydrogens (primary N) is 1. The third-order valence-electron chi connectivity index (χ3n) is 2.18. The van der Waals surface area contributed by atoms with E-state index in [1.54, 1.807) is 0 Å². The zero-order chi connectivity index (χ0) is 9.26. The summed E-state index contributed by atoms with van der Waals surface area (Å²) in [5.74, 6) is 0. The van der Waals surface area contributed by atoms with Gasteiger partial charge in [0.05, 0.1) is 0 Å². The lowest BCUT2D eigenvalue weighted by Gasteiger charge is -2.04. The number of aromatic nitrogens is 1. The molecule has 0 saturated carbocycles. The van der Waals surface area contributed by atoms with E-state index in [1.165, 1.54) is 16.5 Å². The Morgan fingerprint density at radius 3 is 3.00 bits per heavy atom. The van der Waals surface area contributed by atoms with Gasteiger partial charge in [0.1, 0.15) is 0 Å². The summed E-state index contributed by atoms with van der Waals surface area (Å²) in [6, 6.07) is 8.74. The molecular weight excluding hydrogens is 160 g/mol. The lowest BCUT2D eigenvalue weighted by molar-refractivity contribution is 0.739. The van der Waals surface area contributed by atoms with E-state index in [0.29, 0.717) is 0 Å². The van der Waals surface area contributed by atoms with Gasteiger partial charge in [-0.3, -0.25) is 0 Å². The van der Waals surface area contributed by atoms with E-state index in [0.717, 1.165) is 6.42 Å². The number of H-pyrrole nitrogens is 1. The summed E-state index contributed by atoms with van der Waals surface area (Å²) in [6.45, 7) is 2.03. The molecule has 13 heavy (non-hydrogen) atoms. The first-order valence-corrected chi connectivity index (χ1v) is 4.57. The van der Waals surface area contributed by atoms with Crippen molar-refractivity contribution in [2.75, 3.05) is 0 Å². The molecule has 0 aliphatic carbocycles. The third-order valence-corrected chi connectivity index (χ3v) is 2.18. The largest absolute Gasteiger partial charge is 0.361 e. The second-order valence-electron chi connectivity index (χ2n) is 3.58. The van der Waals surface area contributed by atoms with Crippen LogP contribution in [0, 0.1) is 0 Å². The summed E-state index contributed by atoms with van der Waals surface area (Å²) in [4.78, 5) is 3.19. The average molecular weight is 174 g/mol. The van der Waals surface area contributed by atoms with E-state index in [1.807, 2.05) is 13.1 Å². The van der Waals surface area contributed by atoms with Crippen molar-refractivity contribution in [3.05, 3.63) is 36.0 Å². The van der Waals surface area contributed by atoms with Gasteiger partial charge in [-0.1, -0.05) is 12.1 Å². The lowest BCUT2D eigenvalue weighted by Crippen LogP contribution is -2.17. The van der Waals surface area contributed by atoms with Crippen molar-refractivity contribution in [2.45, 2.75) is 19.4 Å². The Balaban J connectivity index is 2.37. The molecule has 1 atom stereocenters. The van der Waals surface area contributed by atoms with E-state index < -0.39 is 0 Å². The van der Waals surface area contributed by atoms with Crippen molar-refractivity contribution in [1.29, 1.82) is 0 Å². The van der Waals surface area contributed by atoms with Crippen LogP contribution in [0.2, 0.25) is 0 Å². The van der Waals surface area contributed by atoms with E-state index in [9.17, 15) is 0 Å². The maximum Gasteiger partial charge on any atom is 0.0456 e. The zero-order valence-electron chi connectivity index (χ0n) is 7.75. The van der Waals surface area contributed by atoms with Crippen molar-refractivity contribution in [2.24, 2.45) is 5.73 Å². The molecule has 0 spiro atoms. The molecule has 0 saturated heterocycles. The molecule has 2 heteroatoms. The molecule has 2 nitrogen and oxygen atoms in total. The maximum absolute atomic E-state index is 5.73. The third kappa shape index (κ3) is 1.73. The van der Waals surface area contributed by atoms with Crippen molar-refractivity contribution in [3.63, 3.8) is 0 Å². The fourth-order valence-electron chi connectivity index (χ4n) is 1.59. The molecule has 0 unspecified atom stereocenters. The maximum atomic E-state index is 5.73. The quantitative estimate of drug-likeness (QED) is 0.719. The van der Waals surface area contributed by atoms with Gasteiger partial charge in [-0.15, -0.1) is 0 Å². The van der Waals surface area contributed by atoms with Gasteiger partial charge < -0.3 is 10.7 Å². The topological polar surface area (TPSA) is 41.8 Å². The predicted molar refractivity (Wildman–Crippen MR) is 55.7 cm³/mol. The fraction of sp³-hybridized carbons (Fsp3) is 0.273. The smallest absolute Gasteiger partial charge is 0.0456 e. The van der Waals surface area contributed by atoms with Crippen LogP contribution < -0.4 is 5.73 Å². The van der Waals surface area contributed by atoms with Crippen LogP contribution in [0.15, 0.2) is 30.5 Å². The van der Waals surface area contributed by atoms with Crippen LogP contribution in [0.4, 0.5) is 0 Å². The predicted octanol–water partition coefficient (Wildman–Crippen LogP) is 2.06. The Labute approximate surface area is 77.8 Å². The normalized spacial score (nSPS) is 13.4. The number of hydrogen-bond donors (Lipinski definition) is 2. The molecule has 68 valence electrons. The van der Waals surface area contributed by atoms with E-state index in [-0.39, 0.29) is 6.04 Å². The van der Waals surface area contributed by atoms with Gasteiger partial charge in [-0.25, -0.2) is 0 Å². The highest BCUT2D eigenvalue weighted by molar-refractivity contribution is 5.79. The van der Waals surface area contributed by atoms with Crippen molar-refractivity contribution in [1.82, 2.24) is 4.98 Å². The fourth-order valence-corrected chi connectivity index (χ4v) is 1.59. The summed E-state index contributed by atoms with van der Waals surface area (Å²) in [5, 5.41) is 1.26. The number of benzene rings is 1. The summed E-state index contributed by atoms with van der Waals surface area (Å²) in [7, 11) is 0. The first kappa shape index (κ1) is 8.32. The summed E-state index contributed by atoms with van der Waals surface area (Å²) < 4.78 is 0. The van der Waals surface area contributed by atoms with Gasteiger partial charge in [-0.05, 0) is 36.4 Å². The minimum absolute atomic E-state index is 0.229. The standard InChI is InChI=1S/C11H14N2/c1-8(12)6-9-2-3-10-4-5-13-11(10)7-9/h2-5,7-8,13H,6,12H2,1H3/t8-/m1/s1. The second kappa shape index (κ2) is 3.23. The van der Waals surface area contributed by atoms with Gasteiger partial charge in [-0.2, -0.15) is 0 Å². The van der Waals surface area contributed by atoms with Crippen LogP contribution in [-0.4, -0.2) is 11.0 Å². The van der Waals surface area contributed by atoms with E-state index >= 15 is 0 Å². The minimum Gasteiger partial charge on any atom is -0.361 e. The number of rotatable bonds is 2. The van der Waals surface area contributed by atoms with Crippen LogP contribution >= 0.6 is 0 Å². The highest BCUT2D eigenvalue weighted by Crippen LogP contribution is 2.14. The second-order valence-corrected chi connectivity index (χ2v) is 3.58. The molecular formula is C11H14N2. The first-order valence-electron chi connectivity index (χ1n) is 4.57. The van der Waals surface area contributed by atoms with Crippen LogP contribution in [0.5, 0.6) is 0 Å². The van der Waals surface area contributed by atoms with E-state index in [4.69, 9.17) is 5.73 Å². The van der Waals surface area contributed by atoms with Crippen LogP contribution in [0.1, 0.15) is 12.5 Å². The van der Waals surface area contributed by atoms with Gasteiger partial charge in [0.25, 0.3) is 0 Å². The number of hydrogen-bond acceptors (Lipinski definition) is 1. The molecule has 0 radical (unpaired) electrons. The molecule has 0 aliphatic heterocycles. The van der Waals surface area contributed by atoms with Gasteiger partial charge in [0.2, 0.25) is 0 Å². The van der Waals surface area contributed by atoms with Crippen LogP contribution in [-0.2, 0) is 6.42 Å². The molecule has 0 amide bonds. The number of aromatic amines is 1. The Kier molecular flexibility index (Phi) is 2.07. The monoisotopic (exact) mass is 174 g/mol. The van der Waals surface area contributed by atoms with E-state index in [2.05, 4.69) is 29.2 Å². The Morgan fingerprint density at radius 1 is 1.38 bits per heavy atom. The summed E-state index contributed by atoms with van der Waals surface area (Å²) in [6.07, 6.45) is 2.90.